The second kappa shape index (κ2) is 7.74. The molecule has 1 atom stereocenters. The number of hydrogen-bond donors (Lipinski definition) is 2. The molecule has 2 aromatic carbocycles. The second-order valence-corrected chi connectivity index (χ2v) is 5.32. The van der Waals surface area contributed by atoms with Crippen LogP contribution in [0.1, 0.15) is 24.1 Å². The molecule has 2 rings (SSSR count). The summed E-state index contributed by atoms with van der Waals surface area (Å²) in [5.41, 5.74) is 2.28. The summed E-state index contributed by atoms with van der Waals surface area (Å²) in [7, 11) is 0. The van der Waals surface area contributed by atoms with Gasteiger partial charge < -0.3 is 10.6 Å². The topological polar surface area (TPSA) is 24.1 Å². The summed E-state index contributed by atoms with van der Waals surface area (Å²) in [6.07, 6.45) is 0.807. The molecule has 0 heterocycles. The maximum absolute atomic E-state index is 12.8. The Labute approximate surface area is 130 Å². The minimum absolute atomic E-state index is 0.164. The summed E-state index contributed by atoms with van der Waals surface area (Å²) in [5.74, 6) is -0.208. The van der Waals surface area contributed by atoms with Crippen molar-refractivity contribution in [1.82, 2.24) is 10.6 Å². The number of hydrogen-bond acceptors (Lipinski definition) is 1. The van der Waals surface area contributed by atoms with Crippen molar-refractivity contribution in [1.29, 1.82) is 0 Å². The van der Waals surface area contributed by atoms with E-state index in [0.717, 1.165) is 18.5 Å². The summed E-state index contributed by atoms with van der Waals surface area (Å²) in [6.45, 7) is 2.79. The molecular formula is C17H19FN2S. The minimum atomic E-state index is -0.208. The molecule has 0 radical (unpaired) electrons. The van der Waals surface area contributed by atoms with Crippen LogP contribution in [0.5, 0.6) is 0 Å². The smallest absolute Gasteiger partial charge is 0.166 e. The Bertz CT molecular complexity index is 569. The van der Waals surface area contributed by atoms with Gasteiger partial charge in [-0.05, 0) is 48.8 Å². The van der Waals surface area contributed by atoms with Gasteiger partial charge in [0.2, 0.25) is 0 Å². The van der Waals surface area contributed by atoms with Gasteiger partial charge in [0.15, 0.2) is 5.11 Å². The van der Waals surface area contributed by atoms with E-state index in [9.17, 15) is 4.39 Å². The SMILES string of the molecule is C[C@H](NC(=S)NCCc1ccc(F)cc1)c1ccccc1. The van der Waals surface area contributed by atoms with E-state index < -0.39 is 0 Å². The predicted molar refractivity (Wildman–Crippen MR) is 88.7 cm³/mol. The Kier molecular flexibility index (Phi) is 5.69. The summed E-state index contributed by atoms with van der Waals surface area (Å²) in [4.78, 5) is 0. The summed E-state index contributed by atoms with van der Waals surface area (Å²) in [6, 6.07) is 16.9. The second-order valence-electron chi connectivity index (χ2n) is 4.91. The largest absolute Gasteiger partial charge is 0.362 e. The van der Waals surface area contributed by atoms with Crippen LogP contribution in [0.4, 0.5) is 4.39 Å². The molecule has 4 heteroatoms. The summed E-state index contributed by atoms with van der Waals surface area (Å²) in [5, 5.41) is 7.06. The van der Waals surface area contributed by atoms with Gasteiger partial charge in [0.05, 0.1) is 6.04 Å². The van der Waals surface area contributed by atoms with Crippen molar-refractivity contribution in [3.05, 3.63) is 71.5 Å². The molecular weight excluding hydrogens is 283 g/mol. The van der Waals surface area contributed by atoms with Crippen molar-refractivity contribution < 1.29 is 4.39 Å². The molecule has 0 aliphatic carbocycles. The maximum Gasteiger partial charge on any atom is 0.166 e. The molecule has 2 aromatic rings. The fourth-order valence-electron chi connectivity index (χ4n) is 2.04. The molecule has 0 aliphatic heterocycles. The first-order valence-electron chi connectivity index (χ1n) is 6.99. The van der Waals surface area contributed by atoms with Crippen LogP contribution in [0.2, 0.25) is 0 Å². The van der Waals surface area contributed by atoms with Gasteiger partial charge >= 0.3 is 0 Å². The zero-order valence-corrected chi connectivity index (χ0v) is 12.8. The predicted octanol–water partition coefficient (Wildman–Crippen LogP) is 3.59. The third-order valence-electron chi connectivity index (χ3n) is 3.26. The van der Waals surface area contributed by atoms with Gasteiger partial charge in [-0.2, -0.15) is 0 Å². The maximum atomic E-state index is 12.8. The van der Waals surface area contributed by atoms with Crippen LogP contribution in [-0.2, 0) is 6.42 Å². The summed E-state index contributed by atoms with van der Waals surface area (Å²) < 4.78 is 12.8. The molecule has 110 valence electrons. The van der Waals surface area contributed by atoms with Crippen molar-refractivity contribution in [3.8, 4) is 0 Å². The van der Waals surface area contributed by atoms with E-state index in [1.165, 1.54) is 17.7 Å². The van der Waals surface area contributed by atoms with Gasteiger partial charge in [0.25, 0.3) is 0 Å². The fraction of sp³-hybridized carbons (Fsp3) is 0.235. The molecule has 2 N–H and O–H groups in total. The van der Waals surface area contributed by atoms with Gasteiger partial charge in [0, 0.05) is 6.54 Å². The Hall–Kier alpha value is -1.94. The Balaban J connectivity index is 1.73. The molecule has 0 amide bonds. The molecule has 21 heavy (non-hydrogen) atoms. The van der Waals surface area contributed by atoms with Crippen LogP contribution in [-0.4, -0.2) is 11.7 Å². The quantitative estimate of drug-likeness (QED) is 0.825. The van der Waals surface area contributed by atoms with Gasteiger partial charge in [-0.15, -0.1) is 0 Å². The van der Waals surface area contributed by atoms with E-state index in [1.807, 2.05) is 18.2 Å². The molecule has 0 aliphatic rings. The first-order chi connectivity index (χ1) is 10.1. The highest BCUT2D eigenvalue weighted by Crippen LogP contribution is 2.10. The van der Waals surface area contributed by atoms with E-state index in [1.54, 1.807) is 12.1 Å². The highest BCUT2D eigenvalue weighted by molar-refractivity contribution is 7.80. The van der Waals surface area contributed by atoms with Crippen LogP contribution in [0.3, 0.4) is 0 Å². The van der Waals surface area contributed by atoms with Crippen molar-refractivity contribution in [2.75, 3.05) is 6.54 Å². The lowest BCUT2D eigenvalue weighted by atomic mass is 10.1. The Morgan fingerprint density at radius 1 is 1.10 bits per heavy atom. The molecule has 0 saturated carbocycles. The van der Waals surface area contributed by atoms with E-state index in [4.69, 9.17) is 12.2 Å². The fourth-order valence-corrected chi connectivity index (χ4v) is 2.32. The van der Waals surface area contributed by atoms with Crippen LogP contribution in [0, 0.1) is 5.82 Å². The molecule has 0 aromatic heterocycles. The van der Waals surface area contributed by atoms with Gasteiger partial charge in [-0.3, -0.25) is 0 Å². The molecule has 0 fully saturated rings. The number of thiocarbonyl (C=S) groups is 1. The lowest BCUT2D eigenvalue weighted by molar-refractivity contribution is 0.626. The van der Waals surface area contributed by atoms with Crippen LogP contribution in [0.15, 0.2) is 54.6 Å². The lowest BCUT2D eigenvalue weighted by Gasteiger charge is -2.17. The van der Waals surface area contributed by atoms with E-state index in [0.29, 0.717) is 5.11 Å². The van der Waals surface area contributed by atoms with Crippen LogP contribution in [0.25, 0.3) is 0 Å². The number of halogens is 1. The van der Waals surface area contributed by atoms with Crippen LogP contribution < -0.4 is 10.6 Å². The zero-order valence-electron chi connectivity index (χ0n) is 12.0. The van der Waals surface area contributed by atoms with E-state index in [-0.39, 0.29) is 11.9 Å². The normalized spacial score (nSPS) is 11.7. The Morgan fingerprint density at radius 3 is 2.43 bits per heavy atom. The van der Waals surface area contributed by atoms with Crippen molar-refractivity contribution in [2.24, 2.45) is 0 Å². The first kappa shape index (κ1) is 15.4. The zero-order chi connectivity index (χ0) is 15.1. The minimum Gasteiger partial charge on any atom is -0.362 e. The van der Waals surface area contributed by atoms with Crippen molar-refractivity contribution in [3.63, 3.8) is 0 Å². The molecule has 0 unspecified atom stereocenters. The van der Waals surface area contributed by atoms with Crippen molar-refractivity contribution in [2.45, 2.75) is 19.4 Å². The van der Waals surface area contributed by atoms with Gasteiger partial charge in [-0.1, -0.05) is 42.5 Å². The summed E-state index contributed by atoms with van der Waals surface area (Å²) >= 11 is 5.28. The molecule has 2 nitrogen and oxygen atoms in total. The van der Waals surface area contributed by atoms with E-state index >= 15 is 0 Å². The molecule has 0 spiro atoms. The number of rotatable bonds is 5. The molecule has 0 saturated heterocycles. The number of benzene rings is 2. The van der Waals surface area contributed by atoms with Crippen LogP contribution >= 0.6 is 12.2 Å². The highest BCUT2D eigenvalue weighted by Gasteiger charge is 2.05. The van der Waals surface area contributed by atoms with Crippen molar-refractivity contribution >= 4 is 17.3 Å². The van der Waals surface area contributed by atoms with E-state index in [2.05, 4.69) is 29.7 Å². The standard InChI is InChI=1S/C17H19FN2S/c1-13(15-5-3-2-4-6-15)20-17(21)19-12-11-14-7-9-16(18)10-8-14/h2-10,13H,11-12H2,1H3,(H2,19,20,21)/t13-/m0/s1. The third-order valence-corrected chi connectivity index (χ3v) is 3.52. The average molecular weight is 302 g/mol. The molecule has 0 bridgehead atoms. The Morgan fingerprint density at radius 2 is 1.76 bits per heavy atom. The monoisotopic (exact) mass is 302 g/mol. The van der Waals surface area contributed by atoms with Gasteiger partial charge in [-0.25, -0.2) is 4.39 Å². The van der Waals surface area contributed by atoms with Gasteiger partial charge in [0.1, 0.15) is 5.82 Å². The highest BCUT2D eigenvalue weighted by atomic mass is 32.1. The third kappa shape index (κ3) is 5.16. The lowest BCUT2D eigenvalue weighted by Crippen LogP contribution is -2.37. The first-order valence-corrected chi connectivity index (χ1v) is 7.40. The number of nitrogens with one attached hydrogen (secondary N) is 2. The average Bonchev–Trinajstić information content (AvgIpc) is 2.50.